The van der Waals surface area contributed by atoms with Gasteiger partial charge in [-0.1, -0.05) is 25.6 Å². The highest BCUT2D eigenvalue weighted by molar-refractivity contribution is 7.99. The van der Waals surface area contributed by atoms with Crippen LogP contribution in [0.15, 0.2) is 75.2 Å². The van der Waals surface area contributed by atoms with Crippen LogP contribution < -0.4 is 10.9 Å². The average molecular weight is 508 g/mol. The van der Waals surface area contributed by atoms with Gasteiger partial charge in [-0.3, -0.25) is 19.0 Å². The molecule has 0 saturated heterocycles. The lowest BCUT2D eigenvalue weighted by Gasteiger charge is -2.14. The lowest BCUT2D eigenvalue weighted by molar-refractivity contribution is 0.0947. The predicted molar refractivity (Wildman–Crippen MR) is 137 cm³/mol. The van der Waals surface area contributed by atoms with Crippen LogP contribution in [0, 0.1) is 11.7 Å². The number of carbonyl (C=O) groups is 2. The van der Waals surface area contributed by atoms with E-state index >= 15 is 0 Å². The first-order valence-electron chi connectivity index (χ1n) is 11.6. The van der Waals surface area contributed by atoms with Gasteiger partial charge in [0.25, 0.3) is 11.5 Å². The molecule has 186 valence electrons. The van der Waals surface area contributed by atoms with Gasteiger partial charge in [-0.2, -0.15) is 0 Å². The summed E-state index contributed by atoms with van der Waals surface area (Å²) in [5, 5.41) is 3.58. The van der Waals surface area contributed by atoms with E-state index in [-0.39, 0.29) is 29.5 Å². The number of Topliss-reactive ketones (excluding diaryl/α,β-unsaturated/α-hetero) is 1. The summed E-state index contributed by atoms with van der Waals surface area (Å²) >= 11 is 1.15. The first-order chi connectivity index (χ1) is 17.3. The maximum Gasteiger partial charge on any atom is 0.262 e. The molecule has 0 aliphatic rings. The standard InChI is InChI=1S/C27H26FN3O4S/c1-17(2)11-12-31-26(34)22-10-7-19(25(33)29-15-21-4-3-13-35-21)14-23(22)30-27(31)36-16-24(32)18-5-8-20(28)9-6-18/h3-10,13-14,17H,11-12,15-16H2,1-2H3,(H,29,33). The highest BCUT2D eigenvalue weighted by Crippen LogP contribution is 2.21. The number of halogens is 1. The molecule has 2 aromatic heterocycles. The normalized spacial score (nSPS) is 11.2. The van der Waals surface area contributed by atoms with Crippen molar-refractivity contribution in [2.75, 3.05) is 5.75 Å². The number of carbonyl (C=O) groups excluding carboxylic acids is 2. The number of nitrogens with one attached hydrogen (secondary N) is 1. The predicted octanol–water partition coefficient (Wildman–Crippen LogP) is 5.08. The molecule has 7 nitrogen and oxygen atoms in total. The molecule has 2 aromatic carbocycles. The lowest BCUT2D eigenvalue weighted by atomic mass is 10.1. The molecule has 4 aromatic rings. The van der Waals surface area contributed by atoms with Crippen LogP contribution in [0.5, 0.6) is 0 Å². The van der Waals surface area contributed by atoms with Crippen LogP contribution >= 0.6 is 11.8 Å². The molecule has 36 heavy (non-hydrogen) atoms. The molecule has 2 heterocycles. The zero-order chi connectivity index (χ0) is 25.7. The summed E-state index contributed by atoms with van der Waals surface area (Å²) in [5.41, 5.74) is 0.901. The van der Waals surface area contributed by atoms with Gasteiger partial charge in [0.1, 0.15) is 11.6 Å². The Hall–Kier alpha value is -3.72. The molecule has 0 radical (unpaired) electrons. The Bertz CT molecular complexity index is 1430. The number of hydrogen-bond donors (Lipinski definition) is 1. The van der Waals surface area contributed by atoms with E-state index < -0.39 is 5.82 Å². The number of nitrogens with zero attached hydrogens (tertiary/aromatic N) is 2. The molecule has 0 atom stereocenters. The fraction of sp³-hybridized carbons (Fsp3) is 0.259. The van der Waals surface area contributed by atoms with E-state index in [2.05, 4.69) is 24.1 Å². The van der Waals surface area contributed by atoms with Gasteiger partial charge in [-0.15, -0.1) is 0 Å². The Kier molecular flexibility index (Phi) is 8.00. The molecule has 0 bridgehead atoms. The number of thioether (sulfide) groups is 1. The second kappa shape index (κ2) is 11.3. The third-order valence-electron chi connectivity index (χ3n) is 5.61. The van der Waals surface area contributed by atoms with Crippen molar-refractivity contribution >= 4 is 34.4 Å². The molecule has 0 spiro atoms. The first kappa shape index (κ1) is 25.4. The van der Waals surface area contributed by atoms with Crippen LogP contribution in [0.4, 0.5) is 4.39 Å². The van der Waals surface area contributed by atoms with Gasteiger partial charge >= 0.3 is 0 Å². The zero-order valence-electron chi connectivity index (χ0n) is 20.0. The fourth-order valence-corrected chi connectivity index (χ4v) is 4.49. The lowest BCUT2D eigenvalue weighted by Crippen LogP contribution is -2.25. The molecule has 0 fully saturated rings. The minimum absolute atomic E-state index is 0.0363. The summed E-state index contributed by atoms with van der Waals surface area (Å²) in [5.74, 6) is 0.0954. The van der Waals surface area contributed by atoms with Crippen molar-refractivity contribution in [2.45, 2.75) is 38.5 Å². The molecular formula is C27H26FN3O4S. The molecule has 9 heteroatoms. The monoisotopic (exact) mass is 507 g/mol. The molecule has 0 aliphatic heterocycles. The Labute approximate surface area is 211 Å². The number of furan rings is 1. The van der Waals surface area contributed by atoms with E-state index in [1.165, 1.54) is 30.5 Å². The summed E-state index contributed by atoms with van der Waals surface area (Å²) in [7, 11) is 0. The number of benzene rings is 2. The van der Waals surface area contributed by atoms with Crippen LogP contribution in [-0.4, -0.2) is 27.0 Å². The van der Waals surface area contributed by atoms with Crippen molar-refractivity contribution in [3.05, 3.63) is 93.9 Å². The van der Waals surface area contributed by atoms with Gasteiger partial charge < -0.3 is 9.73 Å². The smallest absolute Gasteiger partial charge is 0.262 e. The van der Waals surface area contributed by atoms with Crippen molar-refractivity contribution < 1.29 is 18.4 Å². The molecular weight excluding hydrogens is 481 g/mol. The van der Waals surface area contributed by atoms with Gasteiger partial charge in [0, 0.05) is 17.7 Å². The Balaban J connectivity index is 1.61. The Morgan fingerprint density at radius 2 is 1.86 bits per heavy atom. The van der Waals surface area contributed by atoms with Gasteiger partial charge in [0.15, 0.2) is 10.9 Å². The highest BCUT2D eigenvalue weighted by Gasteiger charge is 2.16. The number of aromatic nitrogens is 2. The van der Waals surface area contributed by atoms with Crippen molar-refractivity contribution in [3.63, 3.8) is 0 Å². The van der Waals surface area contributed by atoms with E-state index in [0.29, 0.717) is 45.4 Å². The quantitative estimate of drug-likeness (QED) is 0.183. The van der Waals surface area contributed by atoms with Gasteiger partial charge in [0.2, 0.25) is 0 Å². The molecule has 0 aliphatic carbocycles. The minimum Gasteiger partial charge on any atom is -0.467 e. The summed E-state index contributed by atoms with van der Waals surface area (Å²) in [6.45, 7) is 4.83. The zero-order valence-corrected chi connectivity index (χ0v) is 20.8. The third kappa shape index (κ3) is 6.09. The summed E-state index contributed by atoms with van der Waals surface area (Å²) in [4.78, 5) is 43.3. The molecule has 0 saturated carbocycles. The third-order valence-corrected chi connectivity index (χ3v) is 6.59. The number of ketones is 1. The van der Waals surface area contributed by atoms with E-state index in [4.69, 9.17) is 4.42 Å². The van der Waals surface area contributed by atoms with Gasteiger partial charge in [0.05, 0.1) is 29.5 Å². The second-order valence-electron chi connectivity index (χ2n) is 8.75. The number of amides is 1. The summed E-state index contributed by atoms with van der Waals surface area (Å²) in [6, 6.07) is 13.6. The van der Waals surface area contributed by atoms with Crippen molar-refractivity contribution in [1.29, 1.82) is 0 Å². The van der Waals surface area contributed by atoms with Gasteiger partial charge in [-0.25, -0.2) is 9.37 Å². The summed E-state index contributed by atoms with van der Waals surface area (Å²) in [6.07, 6.45) is 2.30. The molecule has 4 rings (SSSR count). The van der Waals surface area contributed by atoms with Crippen LogP contribution in [-0.2, 0) is 13.1 Å². The topological polar surface area (TPSA) is 94.2 Å². The second-order valence-corrected chi connectivity index (χ2v) is 9.69. The molecule has 1 amide bonds. The SMILES string of the molecule is CC(C)CCn1c(SCC(=O)c2ccc(F)cc2)nc2cc(C(=O)NCc3ccco3)ccc2c1=O. The number of fused-ring (bicyclic) bond motifs is 1. The van der Waals surface area contributed by atoms with E-state index in [0.717, 1.165) is 18.2 Å². The molecule has 0 unspecified atom stereocenters. The maximum absolute atomic E-state index is 13.3. The van der Waals surface area contributed by atoms with Crippen LogP contribution in [0.25, 0.3) is 10.9 Å². The largest absolute Gasteiger partial charge is 0.467 e. The first-order valence-corrected chi connectivity index (χ1v) is 12.6. The summed E-state index contributed by atoms with van der Waals surface area (Å²) < 4.78 is 20.0. The maximum atomic E-state index is 13.3. The highest BCUT2D eigenvalue weighted by atomic mass is 32.2. The Morgan fingerprint density at radius 1 is 1.11 bits per heavy atom. The van der Waals surface area contributed by atoms with Crippen LogP contribution in [0.3, 0.4) is 0 Å². The minimum atomic E-state index is -0.415. The number of rotatable bonds is 10. The van der Waals surface area contributed by atoms with Crippen molar-refractivity contribution in [3.8, 4) is 0 Å². The van der Waals surface area contributed by atoms with E-state index in [1.807, 2.05) is 0 Å². The molecule has 1 N–H and O–H groups in total. The van der Waals surface area contributed by atoms with Crippen molar-refractivity contribution in [1.82, 2.24) is 14.9 Å². The average Bonchev–Trinajstić information content (AvgIpc) is 3.39. The van der Waals surface area contributed by atoms with Gasteiger partial charge in [-0.05, 0) is 66.9 Å². The van der Waals surface area contributed by atoms with E-state index in [1.54, 1.807) is 34.9 Å². The fourth-order valence-electron chi connectivity index (χ4n) is 3.57. The van der Waals surface area contributed by atoms with Crippen LogP contribution in [0.2, 0.25) is 0 Å². The Morgan fingerprint density at radius 3 is 2.56 bits per heavy atom. The van der Waals surface area contributed by atoms with Crippen molar-refractivity contribution in [2.24, 2.45) is 5.92 Å². The van der Waals surface area contributed by atoms with E-state index in [9.17, 15) is 18.8 Å². The number of hydrogen-bond acceptors (Lipinski definition) is 6. The van der Waals surface area contributed by atoms with Crippen LogP contribution in [0.1, 0.15) is 46.7 Å².